The lowest BCUT2D eigenvalue weighted by Crippen LogP contribution is -2.39. The van der Waals surface area contributed by atoms with Crippen LogP contribution in [0.2, 0.25) is 0 Å². The maximum absolute atomic E-state index is 14.3. The molecule has 2 aromatic rings. The van der Waals surface area contributed by atoms with Gasteiger partial charge in [-0.1, -0.05) is 35.5 Å². The molecule has 21 heavy (non-hydrogen) atoms. The Bertz CT molecular complexity index is 621. The second-order valence-electron chi connectivity index (χ2n) is 4.90. The fraction of sp³-hybridized carbons (Fsp3) is 0.333. The van der Waals surface area contributed by atoms with Crippen molar-refractivity contribution in [3.8, 4) is 11.3 Å². The Morgan fingerprint density at radius 2 is 1.95 bits per heavy atom. The summed E-state index contributed by atoms with van der Waals surface area (Å²) in [7, 11) is 0. The van der Waals surface area contributed by atoms with Crippen LogP contribution >= 0.6 is 0 Å². The quantitative estimate of drug-likeness (QED) is 0.942. The zero-order valence-electron chi connectivity index (χ0n) is 11.3. The lowest BCUT2D eigenvalue weighted by Gasteiger charge is -2.22. The van der Waals surface area contributed by atoms with E-state index in [4.69, 9.17) is 9.26 Å². The average molecular weight is 290 g/mol. The smallest absolute Gasteiger partial charge is 0.276 e. The maximum atomic E-state index is 14.3. The van der Waals surface area contributed by atoms with Crippen molar-refractivity contribution in [3.05, 3.63) is 41.8 Å². The summed E-state index contributed by atoms with van der Waals surface area (Å²) in [4.78, 5) is 12.1. The van der Waals surface area contributed by atoms with Gasteiger partial charge in [0.2, 0.25) is 17.3 Å². The number of rotatable bonds is 3. The summed E-state index contributed by atoms with van der Waals surface area (Å²) in [5.74, 6) is -1.30. The summed E-state index contributed by atoms with van der Waals surface area (Å²) in [5.41, 5.74) is 0.243. The van der Waals surface area contributed by atoms with Crippen molar-refractivity contribution in [2.45, 2.75) is 18.9 Å². The Balaban J connectivity index is 1.77. The van der Waals surface area contributed by atoms with E-state index in [2.05, 4.69) is 10.5 Å². The fourth-order valence-electron chi connectivity index (χ4n) is 2.28. The molecule has 0 atom stereocenters. The van der Waals surface area contributed by atoms with Gasteiger partial charge in [0, 0.05) is 24.8 Å². The Morgan fingerprint density at radius 1 is 1.24 bits per heavy atom. The molecular weight excluding hydrogens is 275 g/mol. The summed E-state index contributed by atoms with van der Waals surface area (Å²) in [6.07, 6.45) is 1.44. The molecule has 1 aromatic heterocycles. The molecule has 0 aliphatic carbocycles. The van der Waals surface area contributed by atoms with Crippen LogP contribution in [0.15, 0.2) is 34.9 Å². The number of ether oxygens (including phenoxy) is 1. The molecule has 0 spiro atoms. The molecule has 0 radical (unpaired) electrons. The first-order chi connectivity index (χ1) is 10.3. The zero-order chi connectivity index (χ0) is 14.7. The predicted molar refractivity (Wildman–Crippen MR) is 73.2 cm³/mol. The third-order valence-electron chi connectivity index (χ3n) is 3.44. The first kappa shape index (κ1) is 13.8. The molecule has 0 unspecified atom stereocenters. The highest BCUT2D eigenvalue weighted by atomic mass is 19.1. The van der Waals surface area contributed by atoms with Crippen LogP contribution in [0.25, 0.3) is 11.3 Å². The van der Waals surface area contributed by atoms with E-state index in [-0.39, 0.29) is 17.5 Å². The second-order valence-corrected chi connectivity index (χ2v) is 4.90. The molecule has 0 saturated carbocycles. The Kier molecular flexibility index (Phi) is 3.96. The van der Waals surface area contributed by atoms with Crippen molar-refractivity contribution in [2.75, 3.05) is 13.2 Å². The molecule has 6 heteroatoms. The number of carbonyl (C=O) groups is 1. The van der Waals surface area contributed by atoms with Gasteiger partial charge in [-0.05, 0) is 12.8 Å². The van der Waals surface area contributed by atoms with Gasteiger partial charge in [-0.15, -0.1) is 0 Å². The normalized spacial score (nSPS) is 15.9. The minimum Gasteiger partial charge on any atom is -0.381 e. The van der Waals surface area contributed by atoms with Crippen molar-refractivity contribution in [3.63, 3.8) is 0 Å². The minimum absolute atomic E-state index is 0.0116. The molecule has 1 aromatic carbocycles. The molecular formula is C15H15FN2O3. The molecule has 1 N–H and O–H groups in total. The molecule has 1 amide bonds. The van der Waals surface area contributed by atoms with E-state index in [1.807, 2.05) is 6.07 Å². The Labute approximate surface area is 121 Å². The van der Waals surface area contributed by atoms with Gasteiger partial charge in [-0.2, -0.15) is 4.39 Å². The van der Waals surface area contributed by atoms with Crippen LogP contribution in [0.5, 0.6) is 0 Å². The van der Waals surface area contributed by atoms with Crippen molar-refractivity contribution < 1.29 is 18.4 Å². The minimum atomic E-state index is -0.731. The summed E-state index contributed by atoms with van der Waals surface area (Å²) in [5, 5.41) is 6.32. The van der Waals surface area contributed by atoms with Gasteiger partial charge in [-0.25, -0.2) is 0 Å². The topological polar surface area (TPSA) is 64.4 Å². The Morgan fingerprint density at radius 3 is 2.67 bits per heavy atom. The lowest BCUT2D eigenvalue weighted by atomic mass is 10.1. The molecule has 0 bridgehead atoms. The number of benzene rings is 1. The average Bonchev–Trinajstić information content (AvgIpc) is 2.91. The third kappa shape index (κ3) is 2.95. The summed E-state index contributed by atoms with van der Waals surface area (Å²) >= 11 is 0. The summed E-state index contributed by atoms with van der Waals surface area (Å²) in [6.45, 7) is 1.20. The van der Waals surface area contributed by atoms with E-state index in [0.29, 0.717) is 18.8 Å². The van der Waals surface area contributed by atoms with Gasteiger partial charge < -0.3 is 14.6 Å². The third-order valence-corrected chi connectivity index (χ3v) is 3.44. The first-order valence-electron chi connectivity index (χ1n) is 6.85. The highest BCUT2D eigenvalue weighted by molar-refractivity contribution is 5.93. The largest absolute Gasteiger partial charge is 0.381 e. The summed E-state index contributed by atoms with van der Waals surface area (Å²) in [6, 6.07) is 8.73. The van der Waals surface area contributed by atoms with Gasteiger partial charge in [0.15, 0.2) is 0 Å². The van der Waals surface area contributed by atoms with Crippen LogP contribution < -0.4 is 5.32 Å². The van der Waals surface area contributed by atoms with Crippen molar-refractivity contribution in [1.29, 1.82) is 0 Å². The van der Waals surface area contributed by atoms with Crippen molar-refractivity contribution in [2.24, 2.45) is 0 Å². The van der Waals surface area contributed by atoms with Gasteiger partial charge in [0.25, 0.3) is 5.91 Å². The molecule has 2 heterocycles. The van der Waals surface area contributed by atoms with E-state index < -0.39 is 11.7 Å². The molecule has 1 aliphatic heterocycles. The maximum Gasteiger partial charge on any atom is 0.276 e. The van der Waals surface area contributed by atoms with Crippen LogP contribution in [0, 0.1) is 5.82 Å². The van der Waals surface area contributed by atoms with Gasteiger partial charge in [0.1, 0.15) is 0 Å². The predicted octanol–water partition coefficient (Wildman–Crippen LogP) is 2.39. The second kappa shape index (κ2) is 6.05. The number of carbonyl (C=O) groups excluding carboxylic acids is 1. The lowest BCUT2D eigenvalue weighted by molar-refractivity contribution is 0.0691. The highest BCUT2D eigenvalue weighted by Gasteiger charge is 2.25. The van der Waals surface area contributed by atoms with E-state index in [1.54, 1.807) is 24.3 Å². The number of nitrogens with one attached hydrogen (secondary N) is 1. The van der Waals surface area contributed by atoms with Crippen molar-refractivity contribution >= 4 is 5.91 Å². The van der Waals surface area contributed by atoms with Gasteiger partial charge in [-0.3, -0.25) is 4.79 Å². The number of aromatic nitrogens is 1. The number of hydrogen-bond donors (Lipinski definition) is 1. The highest BCUT2D eigenvalue weighted by Crippen LogP contribution is 2.24. The van der Waals surface area contributed by atoms with Crippen LogP contribution in [0.4, 0.5) is 4.39 Å². The van der Waals surface area contributed by atoms with Gasteiger partial charge in [0.05, 0.1) is 0 Å². The van der Waals surface area contributed by atoms with Crippen molar-refractivity contribution in [1.82, 2.24) is 10.5 Å². The number of halogens is 1. The van der Waals surface area contributed by atoms with Crippen LogP contribution in [0.3, 0.4) is 0 Å². The van der Waals surface area contributed by atoms with E-state index >= 15 is 0 Å². The first-order valence-corrected chi connectivity index (χ1v) is 6.85. The number of amides is 1. The molecule has 1 saturated heterocycles. The zero-order valence-corrected chi connectivity index (χ0v) is 11.3. The number of nitrogens with zero attached hydrogens (tertiary/aromatic N) is 1. The molecule has 1 fully saturated rings. The molecule has 1 aliphatic rings. The van der Waals surface area contributed by atoms with E-state index in [9.17, 15) is 9.18 Å². The Hall–Kier alpha value is -2.21. The number of hydrogen-bond acceptors (Lipinski definition) is 4. The molecule has 110 valence electrons. The van der Waals surface area contributed by atoms with Crippen LogP contribution in [0.1, 0.15) is 23.3 Å². The van der Waals surface area contributed by atoms with Crippen LogP contribution in [-0.2, 0) is 4.74 Å². The molecule has 5 nitrogen and oxygen atoms in total. The van der Waals surface area contributed by atoms with Gasteiger partial charge >= 0.3 is 0 Å². The van der Waals surface area contributed by atoms with E-state index in [1.165, 1.54) is 0 Å². The SMILES string of the molecule is O=C(NC1CCOCC1)c1noc(-c2ccccc2)c1F. The monoisotopic (exact) mass is 290 g/mol. The van der Waals surface area contributed by atoms with Crippen LogP contribution in [-0.4, -0.2) is 30.3 Å². The summed E-state index contributed by atoms with van der Waals surface area (Å²) < 4.78 is 24.5. The van der Waals surface area contributed by atoms with E-state index in [0.717, 1.165) is 12.8 Å². The standard InChI is InChI=1S/C15H15FN2O3/c16-12-13(15(19)17-11-6-8-20-9-7-11)18-21-14(12)10-4-2-1-3-5-10/h1-5,11H,6-9H2,(H,17,19). The molecule has 3 rings (SSSR count). The fourth-order valence-corrected chi connectivity index (χ4v) is 2.28.